The summed E-state index contributed by atoms with van der Waals surface area (Å²) in [6, 6.07) is -0.0534. The van der Waals surface area contributed by atoms with Gasteiger partial charge in [-0.15, -0.1) is 0 Å². The molecule has 0 aromatic heterocycles. The van der Waals surface area contributed by atoms with E-state index in [1.54, 1.807) is 0 Å². The van der Waals surface area contributed by atoms with Crippen LogP contribution in [0.15, 0.2) is 11.6 Å². The zero-order valence-corrected chi connectivity index (χ0v) is 14.2. The topological polar surface area (TPSA) is 46.6 Å². The number of fused-ring (bicyclic) bond motifs is 1. The molecular weight excluding hydrogens is 266 g/mol. The number of allylic oxidation sites excluding steroid dienone is 1. The van der Waals surface area contributed by atoms with Crippen molar-refractivity contribution in [3.05, 3.63) is 11.6 Å². The molecule has 0 radical (unpaired) electrons. The molecule has 2 atom stereocenters. The van der Waals surface area contributed by atoms with Gasteiger partial charge in [0.1, 0.15) is 5.60 Å². The van der Waals surface area contributed by atoms with Gasteiger partial charge in [-0.2, -0.15) is 0 Å². The first-order valence-corrected chi connectivity index (χ1v) is 8.07. The van der Waals surface area contributed by atoms with Crippen LogP contribution < -0.4 is 0 Å². The van der Waals surface area contributed by atoms with Crippen LogP contribution in [-0.2, 0) is 9.53 Å². The Hall–Kier alpha value is -1.32. The Morgan fingerprint density at radius 2 is 2.00 bits per heavy atom. The van der Waals surface area contributed by atoms with Crippen molar-refractivity contribution in [3.63, 3.8) is 0 Å². The van der Waals surface area contributed by atoms with E-state index in [9.17, 15) is 9.59 Å². The molecule has 0 spiro atoms. The number of carbonyl (C=O) groups is 2. The minimum Gasteiger partial charge on any atom is -0.443 e. The molecule has 2 amide bonds. The number of likely N-dealkylation sites (tertiary alicyclic amines) is 1. The maximum absolute atomic E-state index is 12.2. The van der Waals surface area contributed by atoms with Crippen LogP contribution in [0.4, 0.5) is 4.79 Å². The Morgan fingerprint density at radius 1 is 1.38 bits per heavy atom. The molecule has 4 heteroatoms. The van der Waals surface area contributed by atoms with Crippen molar-refractivity contribution in [2.45, 2.75) is 78.9 Å². The molecule has 120 valence electrons. The van der Waals surface area contributed by atoms with Gasteiger partial charge in [0, 0.05) is 6.42 Å². The van der Waals surface area contributed by atoms with E-state index in [0.29, 0.717) is 6.42 Å². The molecule has 1 saturated carbocycles. The lowest BCUT2D eigenvalue weighted by Crippen LogP contribution is -2.43. The lowest BCUT2D eigenvalue weighted by atomic mass is 10.0. The maximum Gasteiger partial charge on any atom is 0.417 e. The molecule has 1 saturated heterocycles. The summed E-state index contributed by atoms with van der Waals surface area (Å²) < 4.78 is 5.37. The Morgan fingerprint density at radius 3 is 2.52 bits per heavy atom. The number of imide groups is 1. The average Bonchev–Trinajstić information content (AvgIpc) is 2.89. The fourth-order valence-corrected chi connectivity index (χ4v) is 3.04. The van der Waals surface area contributed by atoms with Crippen LogP contribution >= 0.6 is 0 Å². The molecule has 1 aliphatic carbocycles. The van der Waals surface area contributed by atoms with Crippen molar-refractivity contribution in [2.24, 2.45) is 5.92 Å². The average molecular weight is 295 g/mol. The predicted octanol–water partition coefficient (Wildman–Crippen LogP) is 4.30. The quantitative estimate of drug-likeness (QED) is 0.678. The molecule has 2 aliphatic rings. The van der Waals surface area contributed by atoms with Gasteiger partial charge >= 0.3 is 6.09 Å². The molecule has 0 N–H and O–H groups in total. The molecule has 21 heavy (non-hydrogen) atoms. The van der Waals surface area contributed by atoms with Gasteiger partial charge in [0.05, 0.1) is 6.04 Å². The first-order chi connectivity index (χ1) is 9.83. The summed E-state index contributed by atoms with van der Waals surface area (Å²) in [5, 5.41) is 0. The zero-order valence-electron chi connectivity index (χ0n) is 14.2. The van der Waals surface area contributed by atoms with Gasteiger partial charge in [-0.05, 0) is 46.0 Å². The second kappa shape index (κ2) is 7.10. The van der Waals surface area contributed by atoms with Gasteiger partial charge in [-0.1, -0.05) is 32.4 Å². The summed E-state index contributed by atoms with van der Waals surface area (Å²) in [4.78, 5) is 25.6. The normalized spacial score (nSPS) is 26.5. The summed E-state index contributed by atoms with van der Waals surface area (Å²) in [5.41, 5.74) is 0.659. The van der Waals surface area contributed by atoms with Crippen molar-refractivity contribution in [3.8, 4) is 0 Å². The fourth-order valence-electron chi connectivity index (χ4n) is 3.04. The largest absolute Gasteiger partial charge is 0.443 e. The number of ether oxygens (including phenoxy) is 1. The molecule has 2 unspecified atom stereocenters. The predicted molar refractivity (Wildman–Crippen MR) is 83.9 cm³/mol. The second-order valence-corrected chi connectivity index (χ2v) is 6.38. The number of hydrogen-bond acceptors (Lipinski definition) is 3. The van der Waals surface area contributed by atoms with E-state index in [-0.39, 0.29) is 17.9 Å². The number of hydrogen-bond donors (Lipinski definition) is 0. The highest BCUT2D eigenvalue weighted by atomic mass is 16.6. The third-order valence-electron chi connectivity index (χ3n) is 3.67. The SMILES string of the molecule is CC.CC/C=C1\CCC2CC(=O)N(C(=O)OC(C)(C)C)C12. The molecule has 1 heterocycles. The van der Waals surface area contributed by atoms with Gasteiger partial charge in [0.2, 0.25) is 5.91 Å². The van der Waals surface area contributed by atoms with Crippen LogP contribution in [0.5, 0.6) is 0 Å². The molecule has 0 aromatic rings. The van der Waals surface area contributed by atoms with Crippen LogP contribution in [-0.4, -0.2) is 28.5 Å². The number of amides is 2. The molecule has 0 aromatic carbocycles. The van der Waals surface area contributed by atoms with Gasteiger partial charge < -0.3 is 4.74 Å². The summed E-state index contributed by atoms with van der Waals surface area (Å²) in [7, 11) is 0. The van der Waals surface area contributed by atoms with E-state index in [1.807, 2.05) is 34.6 Å². The summed E-state index contributed by atoms with van der Waals surface area (Å²) >= 11 is 0. The van der Waals surface area contributed by atoms with Gasteiger partial charge in [-0.3, -0.25) is 4.79 Å². The Balaban J connectivity index is 0.00000106. The Bertz CT molecular complexity index is 420. The van der Waals surface area contributed by atoms with E-state index in [2.05, 4.69) is 13.0 Å². The third kappa shape index (κ3) is 4.08. The molecular formula is C17H29NO3. The van der Waals surface area contributed by atoms with Gasteiger partial charge in [0.15, 0.2) is 0 Å². The highest BCUT2D eigenvalue weighted by molar-refractivity contribution is 5.95. The third-order valence-corrected chi connectivity index (χ3v) is 3.67. The minimum atomic E-state index is -0.567. The zero-order chi connectivity index (χ0) is 16.2. The highest BCUT2D eigenvalue weighted by Crippen LogP contribution is 2.42. The minimum absolute atomic E-state index is 0.0534. The highest BCUT2D eigenvalue weighted by Gasteiger charge is 2.49. The van der Waals surface area contributed by atoms with E-state index in [0.717, 1.165) is 19.3 Å². The Kier molecular flexibility index (Phi) is 5.99. The van der Waals surface area contributed by atoms with Crippen LogP contribution in [0.2, 0.25) is 0 Å². The summed E-state index contributed by atoms with van der Waals surface area (Å²) in [6.45, 7) is 11.5. The van der Waals surface area contributed by atoms with Crippen LogP contribution in [0.25, 0.3) is 0 Å². The summed E-state index contributed by atoms with van der Waals surface area (Å²) in [5.74, 6) is 0.198. The van der Waals surface area contributed by atoms with Crippen molar-refractivity contribution >= 4 is 12.0 Å². The van der Waals surface area contributed by atoms with Crippen LogP contribution in [0, 0.1) is 5.92 Å². The molecule has 2 fully saturated rings. The fraction of sp³-hybridized carbons (Fsp3) is 0.765. The Labute approximate surface area is 128 Å². The first-order valence-electron chi connectivity index (χ1n) is 8.07. The van der Waals surface area contributed by atoms with Crippen molar-refractivity contribution in [2.75, 3.05) is 0 Å². The van der Waals surface area contributed by atoms with E-state index >= 15 is 0 Å². The first kappa shape index (κ1) is 17.7. The molecule has 4 nitrogen and oxygen atoms in total. The lowest BCUT2D eigenvalue weighted by Gasteiger charge is -2.27. The lowest BCUT2D eigenvalue weighted by molar-refractivity contribution is -0.127. The van der Waals surface area contributed by atoms with Gasteiger partial charge in [-0.25, -0.2) is 9.69 Å². The standard InChI is InChI=1S/C15H23NO3.C2H6/c1-5-6-10-7-8-11-9-12(17)16(13(10)11)14(18)19-15(2,3)4;1-2/h6,11,13H,5,7-9H2,1-4H3;1-2H3/b10-6+;. The van der Waals surface area contributed by atoms with Crippen LogP contribution in [0.3, 0.4) is 0 Å². The monoisotopic (exact) mass is 295 g/mol. The second-order valence-electron chi connectivity index (χ2n) is 6.38. The van der Waals surface area contributed by atoms with E-state index in [4.69, 9.17) is 4.74 Å². The maximum atomic E-state index is 12.2. The van der Waals surface area contributed by atoms with E-state index in [1.165, 1.54) is 10.5 Å². The van der Waals surface area contributed by atoms with Crippen molar-refractivity contribution in [1.29, 1.82) is 0 Å². The van der Waals surface area contributed by atoms with Gasteiger partial charge in [0.25, 0.3) is 0 Å². The number of carbonyl (C=O) groups excluding carboxylic acids is 2. The smallest absolute Gasteiger partial charge is 0.417 e. The van der Waals surface area contributed by atoms with Crippen molar-refractivity contribution < 1.29 is 14.3 Å². The van der Waals surface area contributed by atoms with Crippen molar-refractivity contribution in [1.82, 2.24) is 4.90 Å². The van der Waals surface area contributed by atoms with E-state index < -0.39 is 11.7 Å². The molecule has 2 rings (SSSR count). The molecule has 0 bridgehead atoms. The number of rotatable bonds is 1. The van der Waals surface area contributed by atoms with Crippen LogP contribution in [0.1, 0.15) is 67.2 Å². The molecule has 1 aliphatic heterocycles. The summed E-state index contributed by atoms with van der Waals surface area (Å²) in [6.07, 6.45) is 5.08. The number of nitrogens with zero attached hydrogens (tertiary/aromatic N) is 1.